The van der Waals surface area contributed by atoms with Crippen molar-refractivity contribution >= 4 is 21.7 Å². The van der Waals surface area contributed by atoms with Gasteiger partial charge in [-0.05, 0) is 43.2 Å². The predicted molar refractivity (Wildman–Crippen MR) is 102 cm³/mol. The molecule has 0 atom stereocenters. The summed E-state index contributed by atoms with van der Waals surface area (Å²) < 4.78 is 25.0. The Bertz CT molecular complexity index is 902. The Morgan fingerprint density at radius 1 is 1.00 bits per heavy atom. The van der Waals surface area contributed by atoms with E-state index in [4.69, 9.17) is 5.11 Å². The van der Waals surface area contributed by atoms with Gasteiger partial charge in [-0.15, -0.1) is 0 Å². The van der Waals surface area contributed by atoms with Crippen molar-refractivity contribution in [2.24, 2.45) is 0 Å². The molecule has 0 spiro atoms. The van der Waals surface area contributed by atoms with Crippen LogP contribution < -0.4 is 0 Å². The molecule has 2 rings (SSSR count). The number of benzene rings is 2. The van der Waals surface area contributed by atoms with Crippen LogP contribution in [0.25, 0.3) is 0 Å². The Morgan fingerprint density at radius 2 is 1.59 bits per heavy atom. The van der Waals surface area contributed by atoms with Gasteiger partial charge in [-0.25, -0.2) is 8.42 Å². The first kappa shape index (κ1) is 20.6. The van der Waals surface area contributed by atoms with Crippen LogP contribution in [-0.4, -0.2) is 43.9 Å². The molecule has 0 saturated carbocycles. The summed E-state index contributed by atoms with van der Waals surface area (Å²) in [5.74, 6) is -1.26. The lowest BCUT2D eigenvalue weighted by molar-refractivity contribution is -0.137. The molecule has 0 aliphatic rings. The second-order valence-electron chi connectivity index (χ2n) is 6.49. The van der Waals surface area contributed by atoms with E-state index in [9.17, 15) is 18.0 Å². The van der Waals surface area contributed by atoms with E-state index in [2.05, 4.69) is 0 Å². The minimum absolute atomic E-state index is 0.00737. The van der Waals surface area contributed by atoms with Crippen molar-refractivity contribution in [3.8, 4) is 0 Å². The van der Waals surface area contributed by atoms with E-state index >= 15 is 0 Å². The van der Waals surface area contributed by atoms with Crippen LogP contribution >= 0.6 is 0 Å². The number of hydrogen-bond donors (Lipinski definition) is 1. The molecule has 7 heteroatoms. The molecular formula is C20H23NO5S. The van der Waals surface area contributed by atoms with Crippen molar-refractivity contribution in [2.45, 2.75) is 30.4 Å². The quantitative estimate of drug-likeness (QED) is 0.749. The molecule has 2 aromatic carbocycles. The molecule has 0 fully saturated rings. The topological polar surface area (TPSA) is 91.8 Å². The lowest BCUT2D eigenvalue weighted by atomic mass is 10.1. The number of carboxylic acid groups (broad SMARTS) is 1. The van der Waals surface area contributed by atoms with Crippen molar-refractivity contribution in [1.82, 2.24) is 4.90 Å². The summed E-state index contributed by atoms with van der Waals surface area (Å²) >= 11 is 0. The van der Waals surface area contributed by atoms with E-state index in [0.29, 0.717) is 24.1 Å². The Morgan fingerprint density at radius 3 is 2.15 bits per heavy atom. The van der Waals surface area contributed by atoms with Crippen LogP contribution in [0, 0.1) is 6.92 Å². The summed E-state index contributed by atoms with van der Waals surface area (Å²) in [5.41, 5.74) is 2.02. The Labute approximate surface area is 159 Å². The summed E-state index contributed by atoms with van der Waals surface area (Å²) in [4.78, 5) is 24.6. The van der Waals surface area contributed by atoms with E-state index in [-0.39, 0.29) is 23.0 Å². The van der Waals surface area contributed by atoms with Crippen LogP contribution in [0.2, 0.25) is 0 Å². The summed E-state index contributed by atoms with van der Waals surface area (Å²) in [6, 6.07) is 13.1. The van der Waals surface area contributed by atoms with Gasteiger partial charge >= 0.3 is 5.97 Å². The standard InChI is InChI=1S/C20H23NO5S/c1-15-5-11-18(12-6-15)27(25,26)14-16-7-9-17(10-8-16)20(24)21(2)13-3-4-19(22)23/h5-12H,3-4,13-14H2,1-2H3,(H,22,23). The first-order valence-electron chi connectivity index (χ1n) is 8.54. The average Bonchev–Trinajstić information content (AvgIpc) is 2.61. The van der Waals surface area contributed by atoms with E-state index < -0.39 is 15.8 Å². The fourth-order valence-electron chi connectivity index (χ4n) is 2.58. The molecule has 27 heavy (non-hydrogen) atoms. The molecule has 0 heterocycles. The van der Waals surface area contributed by atoms with Crippen molar-refractivity contribution in [3.05, 3.63) is 65.2 Å². The molecule has 0 aromatic heterocycles. The third-order valence-electron chi connectivity index (χ3n) is 4.17. The highest BCUT2D eigenvalue weighted by molar-refractivity contribution is 7.90. The maximum atomic E-state index is 12.5. The number of hydrogen-bond acceptors (Lipinski definition) is 4. The first-order valence-corrected chi connectivity index (χ1v) is 10.2. The largest absolute Gasteiger partial charge is 0.481 e. The van der Waals surface area contributed by atoms with Crippen LogP contribution in [0.3, 0.4) is 0 Å². The highest BCUT2D eigenvalue weighted by Crippen LogP contribution is 2.18. The van der Waals surface area contributed by atoms with Gasteiger partial charge in [-0.3, -0.25) is 9.59 Å². The molecule has 0 saturated heterocycles. The number of carboxylic acids is 1. The molecule has 0 bridgehead atoms. The van der Waals surface area contributed by atoms with Gasteiger partial charge in [-0.1, -0.05) is 29.8 Å². The molecule has 0 unspecified atom stereocenters. The third kappa shape index (κ3) is 5.92. The minimum Gasteiger partial charge on any atom is -0.481 e. The Hall–Kier alpha value is -2.67. The van der Waals surface area contributed by atoms with Gasteiger partial charge in [0.2, 0.25) is 0 Å². The van der Waals surface area contributed by atoms with Gasteiger partial charge < -0.3 is 10.0 Å². The molecule has 1 N–H and O–H groups in total. The maximum absolute atomic E-state index is 12.5. The minimum atomic E-state index is -3.45. The molecule has 6 nitrogen and oxygen atoms in total. The highest BCUT2D eigenvalue weighted by Gasteiger charge is 2.16. The second kappa shape index (κ2) is 8.81. The monoisotopic (exact) mass is 389 g/mol. The van der Waals surface area contributed by atoms with Crippen LogP contribution in [0.5, 0.6) is 0 Å². The number of aryl methyl sites for hydroxylation is 1. The van der Waals surface area contributed by atoms with Crippen LogP contribution in [-0.2, 0) is 20.4 Å². The number of sulfone groups is 1. The van der Waals surface area contributed by atoms with Crippen LogP contribution in [0.4, 0.5) is 0 Å². The van der Waals surface area contributed by atoms with Crippen LogP contribution in [0.15, 0.2) is 53.4 Å². The van der Waals surface area contributed by atoms with E-state index in [0.717, 1.165) is 5.56 Å². The second-order valence-corrected chi connectivity index (χ2v) is 8.48. The van der Waals surface area contributed by atoms with E-state index in [1.54, 1.807) is 55.6 Å². The average molecular weight is 389 g/mol. The van der Waals surface area contributed by atoms with Crippen molar-refractivity contribution in [2.75, 3.05) is 13.6 Å². The molecule has 0 aliphatic heterocycles. The fraction of sp³-hybridized carbons (Fsp3) is 0.300. The zero-order chi connectivity index (χ0) is 20.0. The first-order chi connectivity index (χ1) is 12.7. The summed E-state index contributed by atoms with van der Waals surface area (Å²) in [7, 11) is -1.84. The van der Waals surface area contributed by atoms with Gasteiger partial charge in [0.15, 0.2) is 9.84 Å². The smallest absolute Gasteiger partial charge is 0.303 e. The SMILES string of the molecule is Cc1ccc(S(=O)(=O)Cc2ccc(C(=O)N(C)CCCC(=O)O)cc2)cc1. The Kier molecular flexibility index (Phi) is 6.74. The van der Waals surface area contributed by atoms with Crippen molar-refractivity contribution in [1.29, 1.82) is 0 Å². The fourth-order valence-corrected chi connectivity index (χ4v) is 3.93. The van der Waals surface area contributed by atoms with Crippen molar-refractivity contribution in [3.63, 3.8) is 0 Å². The zero-order valence-electron chi connectivity index (χ0n) is 15.4. The molecule has 2 aromatic rings. The molecule has 0 radical (unpaired) electrons. The third-order valence-corrected chi connectivity index (χ3v) is 5.87. The summed E-state index contributed by atoms with van der Waals surface area (Å²) in [6.45, 7) is 2.24. The molecule has 144 valence electrons. The van der Waals surface area contributed by atoms with Crippen LogP contribution in [0.1, 0.15) is 34.3 Å². The number of amides is 1. The number of carbonyl (C=O) groups is 2. The number of aliphatic carboxylic acids is 1. The van der Waals surface area contributed by atoms with Gasteiger partial charge in [0, 0.05) is 25.6 Å². The van der Waals surface area contributed by atoms with Gasteiger partial charge in [0.25, 0.3) is 5.91 Å². The molecule has 1 amide bonds. The Balaban J connectivity index is 2.03. The normalized spacial score (nSPS) is 11.2. The summed E-state index contributed by atoms with van der Waals surface area (Å²) in [6.07, 6.45) is 0.387. The number of carbonyl (C=O) groups excluding carboxylic acids is 1. The maximum Gasteiger partial charge on any atom is 0.303 e. The number of rotatable bonds is 8. The predicted octanol–water partition coefficient (Wildman–Crippen LogP) is 2.91. The van der Waals surface area contributed by atoms with E-state index in [1.165, 1.54) is 4.90 Å². The highest BCUT2D eigenvalue weighted by atomic mass is 32.2. The number of nitrogens with zero attached hydrogens (tertiary/aromatic N) is 1. The zero-order valence-corrected chi connectivity index (χ0v) is 16.2. The van der Waals surface area contributed by atoms with Gasteiger partial charge in [0.1, 0.15) is 0 Å². The van der Waals surface area contributed by atoms with E-state index in [1.807, 2.05) is 6.92 Å². The van der Waals surface area contributed by atoms with Crippen molar-refractivity contribution < 1.29 is 23.1 Å². The lowest BCUT2D eigenvalue weighted by Crippen LogP contribution is -2.28. The van der Waals surface area contributed by atoms with Gasteiger partial charge in [-0.2, -0.15) is 0 Å². The molecular weight excluding hydrogens is 366 g/mol. The van der Waals surface area contributed by atoms with Gasteiger partial charge in [0.05, 0.1) is 10.6 Å². The lowest BCUT2D eigenvalue weighted by Gasteiger charge is -2.16. The summed E-state index contributed by atoms with van der Waals surface area (Å²) in [5, 5.41) is 8.65. The molecule has 0 aliphatic carbocycles.